The summed E-state index contributed by atoms with van der Waals surface area (Å²) < 4.78 is 40.3. The van der Waals surface area contributed by atoms with Gasteiger partial charge in [-0.25, -0.2) is 0 Å². The van der Waals surface area contributed by atoms with Crippen LogP contribution >= 0.6 is 0 Å². The quantitative estimate of drug-likeness (QED) is 0.636. The summed E-state index contributed by atoms with van der Waals surface area (Å²) in [5.41, 5.74) is 0.779. The standard InChI is InChI=1S/C20H14F3NO/c21-20(22,23)17-8-4-3-7-14(17)16-11-18(25)24-19-13-6-2-1-5-12(13)9-10-15(16)19/h1-10,16H,11H2,(H,24,25)/t16-/m0/s1. The van der Waals surface area contributed by atoms with Crippen molar-refractivity contribution in [3.8, 4) is 0 Å². The van der Waals surface area contributed by atoms with Gasteiger partial charge in [-0.05, 0) is 22.6 Å². The van der Waals surface area contributed by atoms with E-state index in [0.717, 1.165) is 22.4 Å². The maximum Gasteiger partial charge on any atom is 0.416 e. The Bertz CT molecular complexity index is 978. The second-order valence-corrected chi connectivity index (χ2v) is 6.14. The second kappa shape index (κ2) is 5.62. The fraction of sp³-hybridized carbons (Fsp3) is 0.150. The van der Waals surface area contributed by atoms with E-state index in [-0.39, 0.29) is 17.9 Å². The van der Waals surface area contributed by atoms with Gasteiger partial charge >= 0.3 is 6.18 Å². The Morgan fingerprint density at radius 3 is 2.40 bits per heavy atom. The van der Waals surface area contributed by atoms with Crippen molar-refractivity contribution in [2.75, 3.05) is 5.32 Å². The summed E-state index contributed by atoms with van der Waals surface area (Å²) in [5.74, 6) is -0.892. The third-order valence-corrected chi connectivity index (χ3v) is 4.63. The van der Waals surface area contributed by atoms with E-state index in [1.54, 1.807) is 6.07 Å². The Labute approximate surface area is 142 Å². The molecule has 5 heteroatoms. The zero-order valence-electron chi connectivity index (χ0n) is 13.1. The van der Waals surface area contributed by atoms with Crippen LogP contribution in [-0.4, -0.2) is 5.91 Å². The molecule has 2 nitrogen and oxygen atoms in total. The summed E-state index contributed by atoms with van der Waals surface area (Å²) in [7, 11) is 0. The van der Waals surface area contributed by atoms with Gasteiger partial charge in [0.25, 0.3) is 0 Å². The Balaban J connectivity index is 1.95. The smallest absolute Gasteiger partial charge is 0.325 e. The number of fused-ring (bicyclic) bond motifs is 3. The van der Waals surface area contributed by atoms with Gasteiger partial charge in [0.1, 0.15) is 0 Å². The number of hydrogen-bond acceptors (Lipinski definition) is 1. The highest BCUT2D eigenvalue weighted by atomic mass is 19.4. The van der Waals surface area contributed by atoms with Crippen molar-refractivity contribution < 1.29 is 18.0 Å². The number of nitrogens with one attached hydrogen (secondary N) is 1. The normalized spacial score (nSPS) is 17.2. The predicted molar refractivity (Wildman–Crippen MR) is 90.5 cm³/mol. The maximum absolute atomic E-state index is 13.4. The van der Waals surface area contributed by atoms with Gasteiger partial charge in [0.2, 0.25) is 5.91 Å². The number of rotatable bonds is 1. The van der Waals surface area contributed by atoms with E-state index in [1.807, 2.05) is 36.4 Å². The van der Waals surface area contributed by atoms with E-state index in [9.17, 15) is 18.0 Å². The molecule has 1 aliphatic rings. The Hall–Kier alpha value is -2.82. The van der Waals surface area contributed by atoms with E-state index < -0.39 is 17.7 Å². The number of benzene rings is 3. The van der Waals surface area contributed by atoms with Crippen molar-refractivity contribution in [2.24, 2.45) is 0 Å². The summed E-state index contributed by atoms with van der Waals surface area (Å²) in [6.07, 6.45) is -4.46. The number of carbonyl (C=O) groups excluding carboxylic acids is 1. The van der Waals surface area contributed by atoms with Gasteiger partial charge in [0, 0.05) is 17.7 Å². The molecule has 3 aromatic rings. The molecule has 126 valence electrons. The molecule has 1 aliphatic heterocycles. The average Bonchev–Trinajstić information content (AvgIpc) is 2.60. The van der Waals surface area contributed by atoms with E-state index in [4.69, 9.17) is 0 Å². The van der Waals surface area contributed by atoms with Crippen molar-refractivity contribution in [1.29, 1.82) is 0 Å². The molecule has 1 amide bonds. The Morgan fingerprint density at radius 2 is 1.60 bits per heavy atom. The molecule has 25 heavy (non-hydrogen) atoms. The predicted octanol–water partition coefficient (Wildman–Crippen LogP) is 5.33. The van der Waals surface area contributed by atoms with Crippen LogP contribution in [0.25, 0.3) is 10.8 Å². The molecule has 0 fully saturated rings. The number of alkyl halides is 3. The summed E-state index contributed by atoms with van der Waals surface area (Å²) in [6.45, 7) is 0. The number of hydrogen-bond donors (Lipinski definition) is 1. The molecule has 0 bridgehead atoms. The third-order valence-electron chi connectivity index (χ3n) is 4.63. The van der Waals surface area contributed by atoms with Crippen LogP contribution in [0.3, 0.4) is 0 Å². The molecular weight excluding hydrogens is 327 g/mol. The van der Waals surface area contributed by atoms with Gasteiger partial charge in [-0.15, -0.1) is 0 Å². The lowest BCUT2D eigenvalue weighted by Gasteiger charge is -2.29. The van der Waals surface area contributed by atoms with Crippen LogP contribution in [0.5, 0.6) is 0 Å². The molecule has 0 saturated carbocycles. The first-order valence-electron chi connectivity index (χ1n) is 7.93. The van der Waals surface area contributed by atoms with Crippen LogP contribution in [-0.2, 0) is 11.0 Å². The molecular formula is C20H14F3NO. The van der Waals surface area contributed by atoms with Crippen molar-refractivity contribution in [3.63, 3.8) is 0 Å². The monoisotopic (exact) mass is 341 g/mol. The van der Waals surface area contributed by atoms with Gasteiger partial charge in [-0.3, -0.25) is 4.79 Å². The Morgan fingerprint density at radius 1 is 0.880 bits per heavy atom. The number of anilines is 1. The van der Waals surface area contributed by atoms with Gasteiger partial charge in [-0.1, -0.05) is 54.6 Å². The number of carbonyl (C=O) groups is 1. The molecule has 0 spiro atoms. The van der Waals surface area contributed by atoms with Gasteiger partial charge in [-0.2, -0.15) is 13.2 Å². The van der Waals surface area contributed by atoms with Crippen LogP contribution in [0, 0.1) is 0 Å². The molecule has 1 atom stereocenters. The minimum atomic E-state index is -4.46. The highest BCUT2D eigenvalue weighted by Crippen LogP contribution is 2.44. The SMILES string of the molecule is O=C1C[C@@H](c2ccccc2C(F)(F)F)c2ccc3ccccc3c2N1. The average molecular weight is 341 g/mol. The minimum absolute atomic E-state index is 0.00155. The molecule has 4 rings (SSSR count). The maximum atomic E-state index is 13.4. The lowest BCUT2D eigenvalue weighted by atomic mass is 9.81. The van der Waals surface area contributed by atoms with E-state index >= 15 is 0 Å². The Kier molecular flexibility index (Phi) is 3.53. The summed E-state index contributed by atoms with van der Waals surface area (Å²) >= 11 is 0. The summed E-state index contributed by atoms with van der Waals surface area (Å²) in [6, 6.07) is 16.7. The molecule has 0 aliphatic carbocycles. The van der Waals surface area contributed by atoms with E-state index in [1.165, 1.54) is 12.1 Å². The molecule has 0 aromatic heterocycles. The van der Waals surface area contributed by atoms with Crippen molar-refractivity contribution in [1.82, 2.24) is 0 Å². The van der Waals surface area contributed by atoms with Gasteiger partial charge in [0.15, 0.2) is 0 Å². The van der Waals surface area contributed by atoms with E-state index in [0.29, 0.717) is 5.69 Å². The molecule has 0 unspecified atom stereocenters. The fourth-order valence-corrected chi connectivity index (χ4v) is 3.54. The first kappa shape index (κ1) is 15.7. The van der Waals surface area contributed by atoms with Gasteiger partial charge in [0.05, 0.1) is 11.3 Å². The van der Waals surface area contributed by atoms with Crippen molar-refractivity contribution in [3.05, 3.63) is 77.4 Å². The van der Waals surface area contributed by atoms with Crippen molar-refractivity contribution in [2.45, 2.75) is 18.5 Å². The first-order chi connectivity index (χ1) is 11.9. The molecule has 3 aromatic carbocycles. The summed E-state index contributed by atoms with van der Waals surface area (Å²) in [4.78, 5) is 12.2. The van der Waals surface area contributed by atoms with Crippen LogP contribution in [0.1, 0.15) is 29.0 Å². The third kappa shape index (κ3) is 2.65. The molecule has 0 radical (unpaired) electrons. The highest BCUT2D eigenvalue weighted by molar-refractivity contribution is 6.06. The molecule has 1 heterocycles. The summed E-state index contributed by atoms with van der Waals surface area (Å²) in [5, 5.41) is 4.61. The van der Waals surface area contributed by atoms with Crippen LogP contribution in [0.4, 0.5) is 18.9 Å². The molecule has 1 N–H and O–H groups in total. The minimum Gasteiger partial charge on any atom is -0.325 e. The van der Waals surface area contributed by atoms with Crippen LogP contribution in [0.15, 0.2) is 60.7 Å². The number of halogens is 3. The second-order valence-electron chi connectivity index (χ2n) is 6.14. The van der Waals surface area contributed by atoms with E-state index in [2.05, 4.69) is 5.32 Å². The first-order valence-corrected chi connectivity index (χ1v) is 7.93. The fourth-order valence-electron chi connectivity index (χ4n) is 3.54. The number of amides is 1. The zero-order chi connectivity index (χ0) is 17.6. The topological polar surface area (TPSA) is 29.1 Å². The zero-order valence-corrected chi connectivity index (χ0v) is 13.1. The highest BCUT2D eigenvalue weighted by Gasteiger charge is 2.37. The van der Waals surface area contributed by atoms with Crippen molar-refractivity contribution >= 4 is 22.4 Å². The van der Waals surface area contributed by atoms with Crippen LogP contribution in [0.2, 0.25) is 0 Å². The lowest BCUT2D eigenvalue weighted by Crippen LogP contribution is -2.25. The lowest BCUT2D eigenvalue weighted by molar-refractivity contribution is -0.138. The van der Waals surface area contributed by atoms with Gasteiger partial charge < -0.3 is 5.32 Å². The van der Waals surface area contributed by atoms with Crippen LogP contribution < -0.4 is 5.32 Å². The molecule has 0 saturated heterocycles. The largest absolute Gasteiger partial charge is 0.416 e.